The van der Waals surface area contributed by atoms with E-state index in [1.54, 1.807) is 6.08 Å². The number of nitrogens with zero attached hydrogens (tertiary/aromatic N) is 2. The van der Waals surface area contributed by atoms with Gasteiger partial charge in [-0.25, -0.2) is 4.98 Å². The van der Waals surface area contributed by atoms with Crippen LogP contribution in [0.25, 0.3) is 10.9 Å². The van der Waals surface area contributed by atoms with Gasteiger partial charge in [-0.2, -0.15) is 0 Å². The summed E-state index contributed by atoms with van der Waals surface area (Å²) in [6.45, 7) is 6.44. The summed E-state index contributed by atoms with van der Waals surface area (Å²) in [6.07, 6.45) is 1.81. The number of aromatic nitrogens is 1. The van der Waals surface area contributed by atoms with Gasteiger partial charge in [-0.05, 0) is 36.2 Å². The summed E-state index contributed by atoms with van der Waals surface area (Å²) in [4.78, 5) is 19.6. The standard InChI is InChI=1S/C24H24N2OS/c1-16-13-23(25-20-11-7-5-9-18(16)20)28-15-17(27)14-22-24(2,3)19-10-6-8-12-21(19)26(22)4/h5-14H,15H2,1-4H3/b22-14-. The number of thioether (sulfide) groups is 1. The summed E-state index contributed by atoms with van der Waals surface area (Å²) in [6, 6.07) is 18.5. The predicted octanol–water partition coefficient (Wildman–Crippen LogP) is 5.52. The molecule has 0 N–H and O–H groups in total. The van der Waals surface area contributed by atoms with Gasteiger partial charge in [0, 0.05) is 35.3 Å². The van der Waals surface area contributed by atoms with Crippen LogP contribution in [0.1, 0.15) is 25.0 Å². The van der Waals surface area contributed by atoms with Crippen molar-refractivity contribution in [2.75, 3.05) is 17.7 Å². The first kappa shape index (κ1) is 18.8. The van der Waals surface area contributed by atoms with E-state index < -0.39 is 0 Å². The molecule has 0 saturated carbocycles. The quantitative estimate of drug-likeness (QED) is 0.435. The van der Waals surface area contributed by atoms with Crippen molar-refractivity contribution in [3.63, 3.8) is 0 Å². The van der Waals surface area contributed by atoms with Crippen LogP contribution in [0.5, 0.6) is 0 Å². The highest BCUT2D eigenvalue weighted by atomic mass is 32.2. The number of aryl methyl sites for hydroxylation is 1. The highest BCUT2D eigenvalue weighted by Gasteiger charge is 2.38. The summed E-state index contributed by atoms with van der Waals surface area (Å²) in [5.41, 5.74) is 5.46. The molecule has 1 aliphatic heterocycles. The molecule has 0 fully saturated rings. The lowest BCUT2D eigenvalue weighted by atomic mass is 9.83. The Morgan fingerprint density at radius 3 is 2.64 bits per heavy atom. The van der Waals surface area contributed by atoms with E-state index in [0.29, 0.717) is 5.75 Å². The number of rotatable bonds is 4. The molecule has 4 rings (SSSR count). The summed E-state index contributed by atoms with van der Waals surface area (Å²) < 4.78 is 0. The van der Waals surface area contributed by atoms with Crippen molar-refractivity contribution in [3.8, 4) is 0 Å². The van der Waals surface area contributed by atoms with Gasteiger partial charge in [0.15, 0.2) is 5.78 Å². The number of hydrogen-bond acceptors (Lipinski definition) is 4. The first-order valence-electron chi connectivity index (χ1n) is 9.45. The molecule has 142 valence electrons. The number of likely N-dealkylation sites (N-methyl/N-ethyl adjacent to an activating group) is 1. The van der Waals surface area contributed by atoms with Crippen LogP contribution in [-0.4, -0.2) is 23.6 Å². The van der Waals surface area contributed by atoms with Crippen molar-refractivity contribution >= 4 is 34.1 Å². The van der Waals surface area contributed by atoms with Crippen LogP contribution in [-0.2, 0) is 10.2 Å². The summed E-state index contributed by atoms with van der Waals surface area (Å²) >= 11 is 1.50. The van der Waals surface area contributed by atoms with Crippen LogP contribution >= 0.6 is 11.8 Å². The maximum Gasteiger partial charge on any atom is 0.167 e. The molecule has 0 amide bonds. The Hall–Kier alpha value is -2.59. The van der Waals surface area contributed by atoms with Gasteiger partial charge >= 0.3 is 0 Å². The summed E-state index contributed by atoms with van der Waals surface area (Å²) in [7, 11) is 2.04. The zero-order chi connectivity index (χ0) is 19.9. The zero-order valence-corrected chi connectivity index (χ0v) is 17.5. The first-order valence-corrected chi connectivity index (χ1v) is 10.4. The minimum atomic E-state index is -0.177. The summed E-state index contributed by atoms with van der Waals surface area (Å²) in [5.74, 6) is 0.495. The van der Waals surface area contributed by atoms with E-state index in [1.807, 2.05) is 31.3 Å². The highest BCUT2D eigenvalue weighted by molar-refractivity contribution is 7.99. The van der Waals surface area contributed by atoms with E-state index in [9.17, 15) is 4.79 Å². The van der Waals surface area contributed by atoms with Crippen molar-refractivity contribution in [3.05, 3.63) is 77.5 Å². The number of carbonyl (C=O) groups is 1. The lowest BCUT2D eigenvalue weighted by Gasteiger charge is -2.23. The monoisotopic (exact) mass is 388 g/mol. The van der Waals surface area contributed by atoms with Crippen LogP contribution in [0.3, 0.4) is 0 Å². The van der Waals surface area contributed by atoms with Gasteiger partial charge < -0.3 is 4.90 Å². The summed E-state index contributed by atoms with van der Waals surface area (Å²) in [5, 5.41) is 2.05. The molecule has 0 atom stereocenters. The minimum absolute atomic E-state index is 0.111. The molecule has 0 saturated heterocycles. The molecular weight excluding hydrogens is 364 g/mol. The number of para-hydroxylation sites is 2. The van der Waals surface area contributed by atoms with Gasteiger partial charge in [0.1, 0.15) is 0 Å². The third-order valence-corrected chi connectivity index (χ3v) is 6.43. The highest BCUT2D eigenvalue weighted by Crippen LogP contribution is 2.46. The molecule has 3 aromatic rings. The van der Waals surface area contributed by atoms with E-state index in [4.69, 9.17) is 4.98 Å². The third kappa shape index (κ3) is 3.22. The van der Waals surface area contributed by atoms with E-state index in [-0.39, 0.29) is 11.2 Å². The fourth-order valence-electron chi connectivity index (χ4n) is 3.99. The topological polar surface area (TPSA) is 33.2 Å². The van der Waals surface area contributed by atoms with Gasteiger partial charge in [-0.1, -0.05) is 62.0 Å². The second-order valence-corrected chi connectivity index (χ2v) is 8.78. The Kier molecular flexibility index (Phi) is 4.76. The maximum atomic E-state index is 12.8. The second-order valence-electron chi connectivity index (χ2n) is 7.78. The van der Waals surface area contributed by atoms with E-state index in [0.717, 1.165) is 21.6 Å². The molecule has 0 unspecified atom stereocenters. The number of carbonyl (C=O) groups excluding carboxylic acids is 1. The van der Waals surface area contributed by atoms with Crippen molar-refractivity contribution < 1.29 is 4.79 Å². The number of fused-ring (bicyclic) bond motifs is 2. The molecule has 0 aliphatic carbocycles. The number of ketones is 1. The lowest BCUT2D eigenvalue weighted by Crippen LogP contribution is -2.24. The Morgan fingerprint density at radius 2 is 1.86 bits per heavy atom. The Labute approximate surface area is 170 Å². The predicted molar refractivity (Wildman–Crippen MR) is 118 cm³/mol. The fraction of sp³-hybridized carbons (Fsp3) is 0.250. The fourth-order valence-corrected chi connectivity index (χ4v) is 4.79. The molecule has 1 aromatic heterocycles. The van der Waals surface area contributed by atoms with Crippen LogP contribution in [0.15, 0.2) is 71.4 Å². The molecule has 28 heavy (non-hydrogen) atoms. The molecular formula is C24H24N2OS. The SMILES string of the molecule is Cc1cc(SCC(=O)/C=C2\N(C)c3ccccc3C2(C)C)nc2ccccc12. The lowest BCUT2D eigenvalue weighted by molar-refractivity contribution is -0.112. The minimum Gasteiger partial charge on any atom is -0.347 e. The number of anilines is 1. The second kappa shape index (κ2) is 7.10. The number of pyridine rings is 1. The number of benzene rings is 2. The molecule has 3 nitrogen and oxygen atoms in total. The van der Waals surface area contributed by atoms with Crippen molar-refractivity contribution in [2.24, 2.45) is 0 Å². The molecule has 2 aromatic carbocycles. The van der Waals surface area contributed by atoms with Gasteiger partial charge in [0.2, 0.25) is 0 Å². The average molecular weight is 389 g/mol. The van der Waals surface area contributed by atoms with Crippen LogP contribution in [0.2, 0.25) is 0 Å². The van der Waals surface area contributed by atoms with Crippen molar-refractivity contribution in [1.82, 2.24) is 4.98 Å². The zero-order valence-electron chi connectivity index (χ0n) is 16.7. The van der Waals surface area contributed by atoms with Gasteiger partial charge in [0.25, 0.3) is 0 Å². The van der Waals surface area contributed by atoms with Gasteiger partial charge in [-0.3, -0.25) is 4.79 Å². The molecule has 4 heteroatoms. The van der Waals surface area contributed by atoms with Crippen molar-refractivity contribution in [1.29, 1.82) is 0 Å². The molecule has 0 spiro atoms. The maximum absolute atomic E-state index is 12.8. The largest absolute Gasteiger partial charge is 0.347 e. The number of hydrogen-bond donors (Lipinski definition) is 0. The smallest absolute Gasteiger partial charge is 0.167 e. The van der Waals surface area contributed by atoms with E-state index in [1.165, 1.54) is 28.6 Å². The van der Waals surface area contributed by atoms with E-state index in [2.05, 4.69) is 56.0 Å². The third-order valence-electron chi connectivity index (χ3n) is 5.50. The van der Waals surface area contributed by atoms with Crippen LogP contribution < -0.4 is 4.90 Å². The molecule has 1 aliphatic rings. The number of allylic oxidation sites excluding steroid dienone is 2. The molecule has 0 radical (unpaired) electrons. The average Bonchev–Trinajstić information content (AvgIpc) is 2.88. The van der Waals surface area contributed by atoms with Gasteiger partial charge in [0.05, 0.1) is 16.3 Å². The first-order chi connectivity index (χ1) is 13.4. The van der Waals surface area contributed by atoms with Gasteiger partial charge in [-0.15, -0.1) is 0 Å². The normalized spacial score (nSPS) is 16.6. The van der Waals surface area contributed by atoms with Crippen molar-refractivity contribution in [2.45, 2.75) is 31.2 Å². The Morgan fingerprint density at radius 1 is 1.14 bits per heavy atom. The van der Waals surface area contributed by atoms with E-state index >= 15 is 0 Å². The molecule has 0 bridgehead atoms. The Bertz CT molecular complexity index is 1100. The van der Waals surface area contributed by atoms with Crippen LogP contribution in [0.4, 0.5) is 5.69 Å². The van der Waals surface area contributed by atoms with Crippen LogP contribution in [0, 0.1) is 6.92 Å². The molecule has 2 heterocycles. The Balaban J connectivity index is 1.54.